The average Bonchev–Trinajstić information content (AvgIpc) is 2.17. The van der Waals surface area contributed by atoms with E-state index in [4.69, 9.17) is 4.74 Å². The number of ether oxygens (including phenoxy) is 1. The normalized spacial score (nSPS) is 14.1. The molecule has 0 heterocycles. The zero-order valence-electron chi connectivity index (χ0n) is 7.21. The molecule has 12 heavy (non-hydrogen) atoms. The molecule has 1 aliphatic rings. The fraction of sp³-hybridized carbons (Fsp3) is 0.273. The molecule has 1 heteroatoms. The van der Waals surface area contributed by atoms with E-state index in [1.807, 2.05) is 6.07 Å². The van der Waals surface area contributed by atoms with Crippen LogP contribution in [-0.2, 0) is 12.8 Å². The molecule has 1 aliphatic carbocycles. The van der Waals surface area contributed by atoms with Crippen molar-refractivity contribution >= 4 is 0 Å². The van der Waals surface area contributed by atoms with Crippen LogP contribution in [0.1, 0.15) is 11.1 Å². The lowest BCUT2D eigenvalue weighted by molar-refractivity contribution is 0.410. The van der Waals surface area contributed by atoms with Crippen molar-refractivity contribution in [2.45, 2.75) is 12.8 Å². The van der Waals surface area contributed by atoms with E-state index in [9.17, 15) is 0 Å². The summed E-state index contributed by atoms with van der Waals surface area (Å²) in [5, 5.41) is 0. The fourth-order valence-corrected chi connectivity index (χ4v) is 1.64. The summed E-state index contributed by atoms with van der Waals surface area (Å²) >= 11 is 0. The Kier molecular flexibility index (Phi) is 1.86. The van der Waals surface area contributed by atoms with E-state index in [1.54, 1.807) is 7.11 Å². The third-order valence-corrected chi connectivity index (χ3v) is 2.28. The highest BCUT2D eigenvalue weighted by molar-refractivity contribution is 5.44. The van der Waals surface area contributed by atoms with Crippen LogP contribution < -0.4 is 4.74 Å². The van der Waals surface area contributed by atoms with Gasteiger partial charge in [-0.1, -0.05) is 24.3 Å². The third kappa shape index (κ3) is 1.11. The van der Waals surface area contributed by atoms with E-state index in [0.717, 1.165) is 18.6 Å². The van der Waals surface area contributed by atoms with Gasteiger partial charge in [-0.05, 0) is 24.5 Å². The van der Waals surface area contributed by atoms with Gasteiger partial charge in [-0.3, -0.25) is 0 Å². The number of fused-ring (bicyclic) bond motifs is 1. The van der Waals surface area contributed by atoms with Crippen molar-refractivity contribution in [1.82, 2.24) is 0 Å². The third-order valence-electron chi connectivity index (χ3n) is 2.28. The zero-order valence-corrected chi connectivity index (χ0v) is 7.21. The molecule has 62 valence electrons. The van der Waals surface area contributed by atoms with Crippen LogP contribution in [0.25, 0.3) is 0 Å². The van der Waals surface area contributed by atoms with Gasteiger partial charge in [-0.15, -0.1) is 0 Å². The summed E-state index contributed by atoms with van der Waals surface area (Å²) < 4.78 is 5.28. The van der Waals surface area contributed by atoms with Crippen molar-refractivity contribution in [2.75, 3.05) is 7.11 Å². The van der Waals surface area contributed by atoms with Crippen LogP contribution in [0.4, 0.5) is 0 Å². The van der Waals surface area contributed by atoms with Gasteiger partial charge in [-0.25, -0.2) is 0 Å². The van der Waals surface area contributed by atoms with Crippen LogP contribution in [0.5, 0.6) is 5.75 Å². The van der Waals surface area contributed by atoms with Crippen LogP contribution in [0.15, 0.2) is 30.4 Å². The van der Waals surface area contributed by atoms with Gasteiger partial charge in [0.2, 0.25) is 0 Å². The minimum absolute atomic E-state index is 1.01. The molecule has 0 aromatic heterocycles. The Morgan fingerprint density at radius 3 is 2.83 bits per heavy atom. The number of benzene rings is 1. The molecular formula is C11H12O. The lowest BCUT2D eigenvalue weighted by atomic mass is 9.96. The highest BCUT2D eigenvalue weighted by atomic mass is 16.5. The van der Waals surface area contributed by atoms with Crippen LogP contribution in [0, 0.1) is 0 Å². The molecule has 1 aromatic carbocycles. The Bertz CT molecular complexity index is 313. The number of methoxy groups -OCH3 is 1. The Labute approximate surface area is 72.7 Å². The van der Waals surface area contributed by atoms with Crippen molar-refractivity contribution < 1.29 is 4.74 Å². The molecule has 0 amide bonds. The van der Waals surface area contributed by atoms with Crippen molar-refractivity contribution in [2.24, 2.45) is 0 Å². The lowest BCUT2D eigenvalue weighted by Crippen LogP contribution is -1.99. The van der Waals surface area contributed by atoms with Crippen molar-refractivity contribution in [1.29, 1.82) is 0 Å². The summed E-state index contributed by atoms with van der Waals surface area (Å²) in [6.07, 6.45) is 6.47. The molecule has 0 bridgehead atoms. The van der Waals surface area contributed by atoms with Crippen molar-refractivity contribution in [3.63, 3.8) is 0 Å². The molecule has 0 saturated carbocycles. The standard InChI is InChI=1S/C11H12O/c1-12-11-8-4-6-9-5-2-3-7-10(9)11/h2-4,6,8H,5,7H2,1H3. The maximum absolute atomic E-state index is 5.28. The van der Waals surface area contributed by atoms with Crippen molar-refractivity contribution in [3.05, 3.63) is 41.5 Å². The fourth-order valence-electron chi connectivity index (χ4n) is 1.64. The number of hydrogen-bond donors (Lipinski definition) is 0. The minimum Gasteiger partial charge on any atom is -0.496 e. The summed E-state index contributed by atoms with van der Waals surface area (Å²) in [6, 6.07) is 6.25. The number of allylic oxidation sites excluding steroid dienone is 2. The molecule has 0 unspecified atom stereocenters. The molecular weight excluding hydrogens is 148 g/mol. The van der Waals surface area contributed by atoms with Gasteiger partial charge >= 0.3 is 0 Å². The van der Waals surface area contributed by atoms with E-state index < -0.39 is 0 Å². The van der Waals surface area contributed by atoms with Crippen molar-refractivity contribution in [3.8, 4) is 5.75 Å². The number of rotatable bonds is 1. The molecule has 0 radical (unpaired) electrons. The van der Waals surface area contributed by atoms with Gasteiger partial charge in [0.05, 0.1) is 7.11 Å². The SMILES string of the molecule is COc1cccc2c1CC=CC2. The summed E-state index contributed by atoms with van der Waals surface area (Å²) in [6.45, 7) is 0. The summed E-state index contributed by atoms with van der Waals surface area (Å²) in [4.78, 5) is 0. The topological polar surface area (TPSA) is 9.23 Å². The van der Waals surface area contributed by atoms with Gasteiger partial charge in [0.25, 0.3) is 0 Å². The van der Waals surface area contributed by atoms with Crippen LogP contribution in [0.3, 0.4) is 0 Å². The van der Waals surface area contributed by atoms with E-state index >= 15 is 0 Å². The van der Waals surface area contributed by atoms with Gasteiger partial charge in [0.15, 0.2) is 0 Å². The van der Waals surface area contributed by atoms with Crippen LogP contribution >= 0.6 is 0 Å². The Hall–Kier alpha value is -1.24. The minimum atomic E-state index is 1.01. The molecule has 0 fully saturated rings. The lowest BCUT2D eigenvalue weighted by Gasteiger charge is -2.14. The number of hydrogen-bond acceptors (Lipinski definition) is 1. The summed E-state index contributed by atoms with van der Waals surface area (Å²) in [5.41, 5.74) is 2.75. The molecule has 2 rings (SSSR count). The molecule has 1 aromatic rings. The first-order chi connectivity index (χ1) is 5.92. The molecule has 0 N–H and O–H groups in total. The first-order valence-corrected chi connectivity index (χ1v) is 4.21. The first kappa shape index (κ1) is 7.41. The van der Waals surface area contributed by atoms with Gasteiger partial charge < -0.3 is 4.74 Å². The Morgan fingerprint density at radius 2 is 2.00 bits per heavy atom. The zero-order chi connectivity index (χ0) is 8.39. The Balaban J connectivity index is 2.48. The van der Waals surface area contributed by atoms with Crippen LogP contribution in [0.2, 0.25) is 0 Å². The van der Waals surface area contributed by atoms with E-state index in [1.165, 1.54) is 11.1 Å². The predicted octanol–water partition coefficient (Wildman–Crippen LogP) is 2.35. The average molecular weight is 160 g/mol. The monoisotopic (exact) mass is 160 g/mol. The smallest absolute Gasteiger partial charge is 0.122 e. The van der Waals surface area contributed by atoms with Gasteiger partial charge in [-0.2, -0.15) is 0 Å². The second-order valence-electron chi connectivity index (χ2n) is 2.98. The van der Waals surface area contributed by atoms with E-state index in [0.29, 0.717) is 0 Å². The molecule has 0 saturated heterocycles. The Morgan fingerprint density at radius 1 is 1.17 bits per heavy atom. The predicted molar refractivity (Wildman–Crippen MR) is 49.5 cm³/mol. The van der Waals surface area contributed by atoms with Gasteiger partial charge in [0, 0.05) is 5.56 Å². The van der Waals surface area contributed by atoms with E-state index in [-0.39, 0.29) is 0 Å². The highest BCUT2D eigenvalue weighted by Gasteiger charge is 2.08. The maximum atomic E-state index is 5.28. The second kappa shape index (κ2) is 3.02. The quantitative estimate of drug-likeness (QED) is 0.573. The first-order valence-electron chi connectivity index (χ1n) is 4.21. The molecule has 0 atom stereocenters. The largest absolute Gasteiger partial charge is 0.496 e. The molecule has 0 spiro atoms. The second-order valence-corrected chi connectivity index (χ2v) is 2.98. The summed E-state index contributed by atoms with van der Waals surface area (Å²) in [7, 11) is 1.73. The molecule has 0 aliphatic heterocycles. The summed E-state index contributed by atoms with van der Waals surface area (Å²) in [5.74, 6) is 1.02. The van der Waals surface area contributed by atoms with Gasteiger partial charge in [0.1, 0.15) is 5.75 Å². The molecule has 1 nitrogen and oxygen atoms in total. The van der Waals surface area contributed by atoms with E-state index in [2.05, 4.69) is 24.3 Å². The van der Waals surface area contributed by atoms with Crippen LogP contribution in [-0.4, -0.2) is 7.11 Å². The maximum Gasteiger partial charge on any atom is 0.122 e. The highest BCUT2D eigenvalue weighted by Crippen LogP contribution is 2.26.